The van der Waals surface area contributed by atoms with Crippen molar-refractivity contribution < 1.29 is 19.1 Å². The first-order valence-corrected chi connectivity index (χ1v) is 8.62. The summed E-state index contributed by atoms with van der Waals surface area (Å²) in [5, 5.41) is 0. The molecule has 0 aromatic heterocycles. The molecular formula is C23H18O4. The summed E-state index contributed by atoms with van der Waals surface area (Å²) in [5.74, 6) is -1.24. The monoisotopic (exact) mass is 358 g/mol. The SMILES string of the molecule is COC(=O)C1(C(=O)OC)c2c(-c3ccccc3)ccc(-c3ccccc3)c21. The molecule has 0 unspecified atom stereocenters. The van der Waals surface area contributed by atoms with Gasteiger partial charge in [0.1, 0.15) is 0 Å². The molecule has 0 fully saturated rings. The predicted octanol–water partition coefficient (Wildman–Crippen LogP) is 3.97. The van der Waals surface area contributed by atoms with Crippen molar-refractivity contribution in [2.45, 2.75) is 5.41 Å². The van der Waals surface area contributed by atoms with Crippen LogP contribution in [0.3, 0.4) is 0 Å². The topological polar surface area (TPSA) is 52.6 Å². The molecular weight excluding hydrogens is 340 g/mol. The Labute approximate surface area is 157 Å². The first-order valence-electron chi connectivity index (χ1n) is 8.62. The fourth-order valence-electron chi connectivity index (χ4n) is 3.80. The van der Waals surface area contributed by atoms with E-state index in [4.69, 9.17) is 9.47 Å². The largest absolute Gasteiger partial charge is 0.468 e. The van der Waals surface area contributed by atoms with Crippen molar-refractivity contribution in [2.75, 3.05) is 14.2 Å². The fraction of sp³-hybridized carbons (Fsp3) is 0.130. The van der Waals surface area contributed by atoms with Gasteiger partial charge in [-0.25, -0.2) is 0 Å². The first-order chi connectivity index (χ1) is 13.2. The van der Waals surface area contributed by atoms with E-state index in [0.717, 1.165) is 22.3 Å². The van der Waals surface area contributed by atoms with E-state index in [1.807, 2.05) is 72.8 Å². The number of hydrogen-bond acceptors (Lipinski definition) is 4. The maximum absolute atomic E-state index is 12.8. The normalized spacial score (nSPS) is 13.4. The molecule has 0 saturated heterocycles. The van der Waals surface area contributed by atoms with Crippen LogP contribution < -0.4 is 0 Å². The summed E-state index contributed by atoms with van der Waals surface area (Å²) in [7, 11) is 2.58. The number of methoxy groups -OCH3 is 2. The van der Waals surface area contributed by atoms with Crippen LogP contribution in [0.4, 0.5) is 0 Å². The highest BCUT2D eigenvalue weighted by atomic mass is 16.5. The number of ether oxygens (including phenoxy) is 2. The molecule has 1 aliphatic carbocycles. The summed E-state index contributed by atoms with van der Waals surface area (Å²) < 4.78 is 10.0. The number of hydrogen-bond donors (Lipinski definition) is 0. The van der Waals surface area contributed by atoms with Crippen molar-refractivity contribution in [1.82, 2.24) is 0 Å². The maximum Gasteiger partial charge on any atom is 0.332 e. The van der Waals surface area contributed by atoms with Crippen LogP contribution in [0, 0.1) is 0 Å². The van der Waals surface area contributed by atoms with Gasteiger partial charge in [0.15, 0.2) is 0 Å². The quantitative estimate of drug-likeness (QED) is 0.523. The van der Waals surface area contributed by atoms with E-state index >= 15 is 0 Å². The van der Waals surface area contributed by atoms with Crippen LogP contribution in [-0.2, 0) is 24.5 Å². The van der Waals surface area contributed by atoms with Crippen LogP contribution in [-0.4, -0.2) is 26.2 Å². The molecule has 0 amide bonds. The fourth-order valence-corrected chi connectivity index (χ4v) is 3.80. The molecule has 0 spiro atoms. The third-order valence-electron chi connectivity index (χ3n) is 5.05. The number of fused-ring (bicyclic) bond motifs is 1. The van der Waals surface area contributed by atoms with E-state index in [0.29, 0.717) is 11.1 Å². The molecule has 0 saturated carbocycles. The third kappa shape index (κ3) is 2.37. The van der Waals surface area contributed by atoms with Gasteiger partial charge in [0.2, 0.25) is 5.41 Å². The molecule has 27 heavy (non-hydrogen) atoms. The van der Waals surface area contributed by atoms with Crippen molar-refractivity contribution in [1.29, 1.82) is 0 Å². The van der Waals surface area contributed by atoms with Crippen LogP contribution in [0.5, 0.6) is 0 Å². The van der Waals surface area contributed by atoms with Gasteiger partial charge >= 0.3 is 11.9 Å². The highest BCUT2D eigenvalue weighted by Gasteiger charge is 2.67. The van der Waals surface area contributed by atoms with Crippen molar-refractivity contribution in [3.8, 4) is 22.3 Å². The Morgan fingerprint density at radius 3 is 1.33 bits per heavy atom. The van der Waals surface area contributed by atoms with Crippen LogP contribution in [0.2, 0.25) is 0 Å². The third-order valence-corrected chi connectivity index (χ3v) is 5.05. The molecule has 1 aliphatic rings. The zero-order valence-electron chi connectivity index (χ0n) is 15.1. The molecule has 3 aromatic carbocycles. The van der Waals surface area contributed by atoms with E-state index in [2.05, 4.69) is 0 Å². The van der Waals surface area contributed by atoms with E-state index < -0.39 is 17.4 Å². The summed E-state index contributed by atoms with van der Waals surface area (Å²) in [6.07, 6.45) is 0. The Bertz CT molecular complexity index is 939. The summed E-state index contributed by atoms with van der Waals surface area (Å²) in [6, 6.07) is 23.3. The highest BCUT2D eigenvalue weighted by Crippen LogP contribution is 2.59. The minimum absolute atomic E-state index is 0.620. The Morgan fingerprint density at radius 1 is 0.630 bits per heavy atom. The molecule has 0 radical (unpaired) electrons. The second kappa shape index (κ2) is 6.40. The number of rotatable bonds is 4. The van der Waals surface area contributed by atoms with Gasteiger partial charge in [-0.1, -0.05) is 72.8 Å². The number of esters is 2. The van der Waals surface area contributed by atoms with Gasteiger partial charge in [-0.3, -0.25) is 9.59 Å². The van der Waals surface area contributed by atoms with Gasteiger partial charge in [0.25, 0.3) is 0 Å². The van der Waals surface area contributed by atoms with Crippen LogP contribution >= 0.6 is 0 Å². The Morgan fingerprint density at radius 2 is 1.00 bits per heavy atom. The summed E-state index contributed by atoms with van der Waals surface area (Å²) in [4.78, 5) is 25.6. The standard InChI is InChI=1S/C23H18O4/c1-26-21(24)23(22(25)27-2)19-17(15-9-5-3-6-10-15)13-14-18(20(19)23)16-11-7-4-8-12-16/h3-14H,1-2H3. The second-order valence-corrected chi connectivity index (χ2v) is 6.38. The van der Waals surface area contributed by atoms with Crippen molar-refractivity contribution in [3.05, 3.63) is 83.9 Å². The average molecular weight is 358 g/mol. The molecule has 0 N–H and O–H groups in total. The molecule has 0 atom stereocenters. The van der Waals surface area contributed by atoms with E-state index in [9.17, 15) is 9.59 Å². The minimum Gasteiger partial charge on any atom is -0.468 e. The second-order valence-electron chi connectivity index (χ2n) is 6.38. The molecule has 0 bridgehead atoms. The lowest BCUT2D eigenvalue weighted by atomic mass is 9.97. The number of carbonyl (C=O) groups is 2. The van der Waals surface area contributed by atoms with Crippen molar-refractivity contribution >= 4 is 11.9 Å². The lowest BCUT2D eigenvalue weighted by Crippen LogP contribution is -2.34. The van der Waals surface area contributed by atoms with Gasteiger partial charge in [-0.15, -0.1) is 0 Å². The van der Waals surface area contributed by atoms with Crippen molar-refractivity contribution in [3.63, 3.8) is 0 Å². The minimum atomic E-state index is -1.51. The van der Waals surface area contributed by atoms with E-state index in [1.165, 1.54) is 14.2 Å². The lowest BCUT2D eigenvalue weighted by molar-refractivity contribution is -0.156. The summed E-state index contributed by atoms with van der Waals surface area (Å²) in [5.41, 5.74) is 3.35. The summed E-state index contributed by atoms with van der Waals surface area (Å²) in [6.45, 7) is 0. The zero-order valence-corrected chi connectivity index (χ0v) is 15.1. The lowest BCUT2D eigenvalue weighted by Gasteiger charge is -2.12. The predicted molar refractivity (Wildman–Crippen MR) is 102 cm³/mol. The van der Waals surface area contributed by atoms with Gasteiger partial charge in [-0.05, 0) is 33.4 Å². The molecule has 4 heteroatoms. The molecule has 4 nitrogen and oxygen atoms in total. The van der Waals surface area contributed by atoms with Crippen molar-refractivity contribution in [2.24, 2.45) is 0 Å². The van der Waals surface area contributed by atoms with Crippen LogP contribution in [0.15, 0.2) is 72.8 Å². The van der Waals surface area contributed by atoms with Gasteiger partial charge in [0, 0.05) is 0 Å². The Kier molecular flexibility index (Phi) is 4.04. The van der Waals surface area contributed by atoms with Gasteiger partial charge in [0.05, 0.1) is 14.2 Å². The number of carbonyl (C=O) groups excluding carboxylic acids is 2. The van der Waals surface area contributed by atoms with Gasteiger partial charge < -0.3 is 9.47 Å². The molecule has 0 heterocycles. The maximum atomic E-state index is 12.8. The highest BCUT2D eigenvalue weighted by molar-refractivity contribution is 6.21. The van der Waals surface area contributed by atoms with Gasteiger partial charge in [-0.2, -0.15) is 0 Å². The summed E-state index contributed by atoms with van der Waals surface area (Å²) >= 11 is 0. The zero-order chi connectivity index (χ0) is 19.0. The average Bonchev–Trinajstić information content (AvgIpc) is 3.44. The Hall–Kier alpha value is -3.40. The first kappa shape index (κ1) is 17.0. The molecule has 0 aliphatic heterocycles. The smallest absolute Gasteiger partial charge is 0.332 e. The molecule has 4 rings (SSSR count). The van der Waals surface area contributed by atoms with E-state index in [1.54, 1.807) is 0 Å². The van der Waals surface area contributed by atoms with Crippen LogP contribution in [0.1, 0.15) is 11.1 Å². The molecule has 3 aromatic rings. The number of benzene rings is 3. The molecule has 134 valence electrons. The van der Waals surface area contributed by atoms with Crippen LogP contribution in [0.25, 0.3) is 22.3 Å². The van der Waals surface area contributed by atoms with E-state index in [-0.39, 0.29) is 0 Å². The Balaban J connectivity index is 2.01.